The quantitative estimate of drug-likeness (QED) is 0.215. The third-order valence-corrected chi connectivity index (χ3v) is 10.0. The van der Waals surface area contributed by atoms with Crippen molar-refractivity contribution in [2.24, 2.45) is 17.8 Å². The first kappa shape index (κ1) is 36.4. The molecule has 10 nitrogen and oxygen atoms in total. The monoisotopic (exact) mass is 669 g/mol. The maximum absolute atomic E-state index is 14.4. The van der Waals surface area contributed by atoms with E-state index >= 15 is 0 Å². The van der Waals surface area contributed by atoms with Crippen LogP contribution >= 0.6 is 11.3 Å². The molecule has 1 unspecified atom stereocenters. The second kappa shape index (κ2) is 16.1. The molecule has 1 aliphatic heterocycles. The zero-order chi connectivity index (χ0) is 34.3. The predicted octanol–water partition coefficient (Wildman–Crippen LogP) is 6.88. The van der Waals surface area contributed by atoms with E-state index in [1.54, 1.807) is 34.6 Å². The van der Waals surface area contributed by atoms with Crippen molar-refractivity contribution >= 4 is 41.0 Å². The Balaban J connectivity index is 1.58. The molecule has 2 aromatic rings. The molecule has 11 heteroatoms. The lowest BCUT2D eigenvalue weighted by Gasteiger charge is -2.40. The van der Waals surface area contributed by atoms with Crippen LogP contribution in [0.5, 0.6) is 0 Å². The number of amides is 2. The highest BCUT2D eigenvalue weighted by molar-refractivity contribution is 7.18. The Morgan fingerprint density at radius 3 is 2.21 bits per heavy atom. The number of piperidine rings is 1. The van der Waals surface area contributed by atoms with E-state index in [0.717, 1.165) is 62.1 Å². The Labute approximate surface area is 283 Å². The van der Waals surface area contributed by atoms with Crippen LogP contribution in [0.2, 0.25) is 0 Å². The van der Waals surface area contributed by atoms with Crippen molar-refractivity contribution in [2.75, 3.05) is 31.8 Å². The topological polar surface area (TPSA) is 114 Å². The van der Waals surface area contributed by atoms with Crippen LogP contribution in [0.4, 0.5) is 10.5 Å². The molecule has 1 atom stereocenters. The fraction of sp³-hybridized carbons (Fsp3) is 0.611. The normalized spacial score (nSPS) is 19.9. The Morgan fingerprint density at radius 2 is 1.62 bits per heavy atom. The molecule has 0 spiro atoms. The van der Waals surface area contributed by atoms with Crippen LogP contribution < -0.4 is 10.2 Å². The van der Waals surface area contributed by atoms with Gasteiger partial charge < -0.3 is 29.3 Å². The molecule has 1 aromatic carbocycles. The van der Waals surface area contributed by atoms with Crippen LogP contribution in [0, 0.1) is 17.8 Å². The third-order valence-electron chi connectivity index (χ3n) is 8.86. The lowest BCUT2D eigenvalue weighted by Crippen LogP contribution is -2.49. The molecule has 47 heavy (non-hydrogen) atoms. The van der Waals surface area contributed by atoms with E-state index in [0.29, 0.717) is 16.5 Å². The summed E-state index contributed by atoms with van der Waals surface area (Å²) < 4.78 is 16.2. The fourth-order valence-corrected chi connectivity index (χ4v) is 7.18. The van der Waals surface area contributed by atoms with Crippen LogP contribution in [0.15, 0.2) is 36.4 Å². The van der Waals surface area contributed by atoms with Crippen LogP contribution in [-0.2, 0) is 23.8 Å². The molecular formula is C36H51N3O7S. The Bertz CT molecular complexity index is 1370. The van der Waals surface area contributed by atoms with E-state index < -0.39 is 36.5 Å². The van der Waals surface area contributed by atoms with Gasteiger partial charge in [0.25, 0.3) is 0 Å². The van der Waals surface area contributed by atoms with Gasteiger partial charge in [-0.15, -0.1) is 11.3 Å². The summed E-state index contributed by atoms with van der Waals surface area (Å²) in [5.74, 6) is -1.16. The van der Waals surface area contributed by atoms with Gasteiger partial charge >= 0.3 is 18.0 Å². The SMILES string of the molecule is CC1CCC(C(=O)N(c2cc(-c3ccccc3)sc2C(=O)OCOC(=O)C(NC(=O)OC(C)(C)C)C(C)C)C2CCN(C)CC2)CC1. The maximum Gasteiger partial charge on any atom is 0.408 e. The summed E-state index contributed by atoms with van der Waals surface area (Å²) in [6.45, 7) is 12.0. The number of esters is 2. The number of alkyl carbamates (subject to hydrolysis) is 1. The molecule has 1 N–H and O–H groups in total. The van der Waals surface area contributed by atoms with Crippen molar-refractivity contribution in [1.29, 1.82) is 0 Å². The fourth-order valence-electron chi connectivity index (χ4n) is 6.13. The smallest absolute Gasteiger partial charge is 0.408 e. The predicted molar refractivity (Wildman–Crippen MR) is 183 cm³/mol. The first-order chi connectivity index (χ1) is 22.2. The van der Waals surface area contributed by atoms with Crippen LogP contribution in [0.1, 0.15) is 89.7 Å². The van der Waals surface area contributed by atoms with Gasteiger partial charge in [0.15, 0.2) is 0 Å². The van der Waals surface area contributed by atoms with Gasteiger partial charge in [-0.25, -0.2) is 14.4 Å². The molecule has 2 heterocycles. The van der Waals surface area contributed by atoms with Gasteiger partial charge in [0.05, 0.1) is 5.69 Å². The molecule has 258 valence electrons. The maximum atomic E-state index is 14.4. The summed E-state index contributed by atoms with van der Waals surface area (Å²) in [5, 5.41) is 2.55. The molecule has 0 radical (unpaired) electrons. The molecule has 1 saturated carbocycles. The van der Waals surface area contributed by atoms with Crippen molar-refractivity contribution in [3.05, 3.63) is 41.3 Å². The number of carbonyl (C=O) groups excluding carboxylic acids is 4. The van der Waals surface area contributed by atoms with Crippen molar-refractivity contribution in [2.45, 2.75) is 97.8 Å². The molecular weight excluding hydrogens is 618 g/mol. The van der Waals surface area contributed by atoms with Crippen molar-refractivity contribution in [1.82, 2.24) is 10.2 Å². The van der Waals surface area contributed by atoms with Crippen molar-refractivity contribution in [3.8, 4) is 10.4 Å². The lowest BCUT2D eigenvalue weighted by atomic mass is 9.82. The standard InChI is InChI=1S/C36H51N3O7S/c1-23(2)30(37-35(43)46-36(4,5)6)33(41)44-22-45-34(42)31-28(21-29(47-31)25-11-9-8-10-12-25)39(27-17-19-38(7)20-18-27)32(40)26-15-13-24(3)14-16-26/h8-12,21,23-24,26-27,30H,13-20,22H2,1-7H3,(H,37,43). The van der Waals surface area contributed by atoms with Crippen molar-refractivity contribution < 1.29 is 33.4 Å². The van der Waals surface area contributed by atoms with E-state index in [-0.39, 0.29) is 23.8 Å². The summed E-state index contributed by atoms with van der Waals surface area (Å²) >= 11 is 1.27. The van der Waals surface area contributed by atoms with E-state index in [1.807, 2.05) is 41.3 Å². The number of hydrogen-bond donors (Lipinski definition) is 1. The molecule has 1 aliphatic carbocycles. The summed E-state index contributed by atoms with van der Waals surface area (Å²) in [6.07, 6.45) is 4.55. The van der Waals surface area contributed by atoms with Gasteiger partial charge in [-0.05, 0) is 103 Å². The van der Waals surface area contributed by atoms with Gasteiger partial charge in [-0.2, -0.15) is 0 Å². The summed E-state index contributed by atoms with van der Waals surface area (Å²) in [5.41, 5.74) is 0.745. The number of anilines is 1. The molecule has 0 bridgehead atoms. The Morgan fingerprint density at radius 1 is 0.979 bits per heavy atom. The van der Waals surface area contributed by atoms with Gasteiger partial charge in [0, 0.05) is 16.8 Å². The van der Waals surface area contributed by atoms with E-state index in [9.17, 15) is 19.2 Å². The summed E-state index contributed by atoms with van der Waals surface area (Å²) in [4.78, 5) is 58.7. The average molecular weight is 670 g/mol. The zero-order valence-electron chi connectivity index (χ0n) is 28.9. The number of thiophene rings is 1. The number of rotatable bonds is 10. The number of hydrogen-bond acceptors (Lipinski definition) is 9. The number of nitrogens with one attached hydrogen (secondary N) is 1. The average Bonchev–Trinajstić information content (AvgIpc) is 3.45. The molecule has 2 amide bonds. The summed E-state index contributed by atoms with van der Waals surface area (Å²) in [7, 11) is 2.08. The van der Waals surface area contributed by atoms with Crippen LogP contribution in [0.25, 0.3) is 10.4 Å². The van der Waals surface area contributed by atoms with Gasteiger partial charge in [0.2, 0.25) is 12.7 Å². The molecule has 2 aliphatic rings. The first-order valence-corrected chi connectivity index (χ1v) is 17.6. The lowest BCUT2D eigenvalue weighted by molar-refractivity contribution is -0.155. The van der Waals surface area contributed by atoms with Crippen LogP contribution in [-0.4, -0.2) is 73.5 Å². The highest BCUT2D eigenvalue weighted by atomic mass is 32.1. The highest BCUT2D eigenvalue weighted by Crippen LogP contribution is 2.41. The van der Waals surface area contributed by atoms with Gasteiger partial charge in [-0.1, -0.05) is 51.1 Å². The van der Waals surface area contributed by atoms with Crippen molar-refractivity contribution in [3.63, 3.8) is 0 Å². The minimum Gasteiger partial charge on any atom is -0.444 e. The second-order valence-corrected chi connectivity index (χ2v) is 15.3. The molecule has 1 aromatic heterocycles. The first-order valence-electron chi connectivity index (χ1n) is 16.8. The Kier molecular flexibility index (Phi) is 12.5. The zero-order valence-corrected chi connectivity index (χ0v) is 29.7. The minimum atomic E-state index is -0.999. The van der Waals surface area contributed by atoms with Gasteiger partial charge in [-0.3, -0.25) is 4.79 Å². The largest absolute Gasteiger partial charge is 0.444 e. The molecule has 2 fully saturated rings. The van der Waals surface area contributed by atoms with E-state index in [4.69, 9.17) is 14.2 Å². The van der Waals surface area contributed by atoms with Gasteiger partial charge in [0.1, 0.15) is 16.5 Å². The van der Waals surface area contributed by atoms with Crippen LogP contribution in [0.3, 0.4) is 0 Å². The van der Waals surface area contributed by atoms with E-state index in [2.05, 4.69) is 24.2 Å². The number of carbonyl (C=O) groups is 4. The summed E-state index contributed by atoms with van der Waals surface area (Å²) in [6, 6.07) is 10.6. The number of nitrogens with zero attached hydrogens (tertiary/aromatic N) is 2. The Hall–Kier alpha value is -3.44. The second-order valence-electron chi connectivity index (χ2n) is 14.3. The highest BCUT2D eigenvalue weighted by Gasteiger charge is 2.37. The number of benzene rings is 1. The molecule has 1 saturated heterocycles. The molecule has 4 rings (SSSR count). The van der Waals surface area contributed by atoms with E-state index in [1.165, 1.54) is 11.3 Å². The number of ether oxygens (including phenoxy) is 3. The third kappa shape index (κ3) is 10.0. The number of likely N-dealkylation sites (tertiary alicyclic amines) is 1. The minimum absolute atomic E-state index is 0.0496.